The van der Waals surface area contributed by atoms with Gasteiger partial charge in [0.15, 0.2) is 17.3 Å². The number of nitrogens with one attached hydrogen (secondary N) is 2. The molecular weight excluding hydrogens is 719 g/mol. The van der Waals surface area contributed by atoms with Crippen molar-refractivity contribution >= 4 is 40.6 Å². The molecule has 0 atom stereocenters. The van der Waals surface area contributed by atoms with Crippen LogP contribution in [0.1, 0.15) is 52.8 Å². The first-order valence-corrected chi connectivity index (χ1v) is 17.2. The van der Waals surface area contributed by atoms with E-state index in [0.29, 0.717) is 62.3 Å². The first-order valence-electron chi connectivity index (χ1n) is 16.8. The number of rotatable bonds is 8. The van der Waals surface area contributed by atoms with Gasteiger partial charge in [-0.05, 0) is 68.1 Å². The Bertz CT molecular complexity index is 2320. The zero-order valence-electron chi connectivity index (χ0n) is 28.5. The van der Waals surface area contributed by atoms with E-state index in [1.165, 1.54) is 6.33 Å². The van der Waals surface area contributed by atoms with Crippen molar-refractivity contribution in [3.05, 3.63) is 86.3 Å². The van der Waals surface area contributed by atoms with Gasteiger partial charge in [0.05, 0.1) is 34.3 Å². The molecule has 5 aromatic rings. The topological polar surface area (TPSA) is 169 Å². The molecule has 0 bridgehead atoms. The molecule has 0 aliphatic carbocycles. The van der Waals surface area contributed by atoms with E-state index < -0.39 is 29.1 Å². The number of anilines is 2. The molecule has 18 heteroatoms. The zero-order valence-corrected chi connectivity index (χ0v) is 29.3. The number of piperidine rings is 1. The number of carbonyl (C=O) groups excluding carboxylic acids is 2. The van der Waals surface area contributed by atoms with Crippen LogP contribution in [-0.2, 0) is 30.4 Å². The molecule has 5 heterocycles. The Morgan fingerprint density at radius 1 is 1.11 bits per heavy atom. The van der Waals surface area contributed by atoms with Gasteiger partial charge in [0.1, 0.15) is 24.3 Å². The summed E-state index contributed by atoms with van der Waals surface area (Å²) in [7, 11) is 0. The number of aromatic hydroxyl groups is 1. The van der Waals surface area contributed by atoms with E-state index in [4.69, 9.17) is 21.3 Å². The predicted octanol–water partition coefficient (Wildman–Crippen LogP) is 4.57. The number of nitrogens with zero attached hydrogens (tertiary/aromatic N) is 7. The van der Waals surface area contributed by atoms with Gasteiger partial charge in [-0.3, -0.25) is 14.4 Å². The molecule has 2 aliphatic heterocycles. The van der Waals surface area contributed by atoms with Crippen LogP contribution in [0.2, 0.25) is 5.02 Å². The monoisotopic (exact) mass is 751 g/mol. The van der Waals surface area contributed by atoms with Crippen molar-refractivity contribution in [3.8, 4) is 22.9 Å². The lowest BCUT2D eigenvalue weighted by Crippen LogP contribution is -2.47. The normalized spacial score (nSPS) is 14.6. The van der Waals surface area contributed by atoms with E-state index in [1.807, 2.05) is 24.0 Å². The van der Waals surface area contributed by atoms with Crippen LogP contribution in [0.3, 0.4) is 0 Å². The van der Waals surface area contributed by atoms with Crippen LogP contribution in [-0.4, -0.2) is 71.8 Å². The number of hydrogen-bond acceptors (Lipinski definition) is 10. The second kappa shape index (κ2) is 14.0. The third-order valence-electron chi connectivity index (χ3n) is 9.35. The summed E-state index contributed by atoms with van der Waals surface area (Å²) in [5.74, 6) is -0.360. The van der Waals surface area contributed by atoms with Crippen LogP contribution in [0.4, 0.5) is 24.5 Å². The Morgan fingerprint density at radius 2 is 1.89 bits per heavy atom. The third-order valence-corrected chi connectivity index (χ3v) is 9.66. The number of alkyl halides is 3. The van der Waals surface area contributed by atoms with Crippen molar-refractivity contribution in [1.29, 1.82) is 0 Å². The van der Waals surface area contributed by atoms with Crippen molar-refractivity contribution in [2.45, 2.75) is 58.3 Å². The van der Waals surface area contributed by atoms with Crippen LogP contribution >= 0.6 is 11.6 Å². The molecule has 2 aromatic carbocycles. The summed E-state index contributed by atoms with van der Waals surface area (Å²) in [6.45, 7) is 4.28. The molecule has 0 spiro atoms. The van der Waals surface area contributed by atoms with Crippen molar-refractivity contribution in [1.82, 2.24) is 34.4 Å². The highest BCUT2D eigenvalue weighted by atomic mass is 35.5. The van der Waals surface area contributed by atoms with Crippen molar-refractivity contribution in [2.24, 2.45) is 0 Å². The largest absolute Gasteiger partial charge is 0.504 e. The number of aromatic nitrogens is 6. The second-order valence-corrected chi connectivity index (χ2v) is 13.1. The average Bonchev–Trinajstić information content (AvgIpc) is 3.79. The van der Waals surface area contributed by atoms with Gasteiger partial charge in [-0.2, -0.15) is 22.7 Å². The Kier molecular flexibility index (Phi) is 9.44. The second-order valence-electron chi connectivity index (χ2n) is 12.7. The number of carbonyl (C=O) groups is 2. The number of halogens is 4. The quantitative estimate of drug-likeness (QED) is 0.204. The minimum atomic E-state index is -4.61. The molecule has 3 aromatic heterocycles. The number of benzene rings is 2. The highest BCUT2D eigenvalue weighted by molar-refractivity contribution is 6.33. The van der Waals surface area contributed by atoms with Gasteiger partial charge in [-0.15, -0.1) is 5.10 Å². The Balaban J connectivity index is 1.22. The van der Waals surface area contributed by atoms with Gasteiger partial charge in [0, 0.05) is 31.1 Å². The van der Waals surface area contributed by atoms with Gasteiger partial charge >= 0.3 is 6.18 Å². The van der Waals surface area contributed by atoms with Crippen molar-refractivity contribution in [3.63, 3.8) is 0 Å². The molecule has 2 amide bonds. The molecule has 0 unspecified atom stereocenters. The number of amides is 2. The fourth-order valence-corrected chi connectivity index (χ4v) is 6.87. The standard InChI is InChI=1S/C35H33ClF3N9O5/c1-3-25-29(46-11-8-22(9-12-46)42-32(51)28-30(50)18(2)40-17-41-28)33(52)48-34(44-31(45-48)20-4-7-26-19(14-20)10-13-53-26)47(25)16-27(49)43-24-6-5-21(15-23(24)36)35(37,38)39/h4-7,14-15,17,22,50H,3,8-13,16H2,1-2H3,(H,42,51)(H,43,49). The molecule has 276 valence electrons. The highest BCUT2D eigenvalue weighted by Gasteiger charge is 2.32. The number of fused-ring (bicyclic) bond motifs is 2. The van der Waals surface area contributed by atoms with Crippen LogP contribution in [0, 0.1) is 6.92 Å². The van der Waals surface area contributed by atoms with Crippen molar-refractivity contribution < 1.29 is 32.6 Å². The molecule has 0 radical (unpaired) electrons. The molecule has 2 aliphatic rings. The summed E-state index contributed by atoms with van der Waals surface area (Å²) in [6.07, 6.45) is -1.51. The molecule has 0 saturated carbocycles. The molecule has 53 heavy (non-hydrogen) atoms. The van der Waals surface area contributed by atoms with Crippen LogP contribution in [0.15, 0.2) is 47.5 Å². The van der Waals surface area contributed by atoms with Crippen molar-refractivity contribution in [2.75, 3.05) is 29.9 Å². The molecule has 1 saturated heterocycles. The Morgan fingerprint density at radius 3 is 2.60 bits per heavy atom. The predicted molar refractivity (Wildman–Crippen MR) is 187 cm³/mol. The van der Waals surface area contributed by atoms with Gasteiger partial charge < -0.3 is 29.9 Å². The maximum absolute atomic E-state index is 14.3. The van der Waals surface area contributed by atoms with E-state index in [-0.39, 0.29) is 52.0 Å². The summed E-state index contributed by atoms with van der Waals surface area (Å²) >= 11 is 6.14. The lowest BCUT2D eigenvalue weighted by molar-refractivity contribution is -0.137. The van der Waals surface area contributed by atoms with Gasteiger partial charge in [-0.25, -0.2) is 9.97 Å². The lowest BCUT2D eigenvalue weighted by atomic mass is 10.0. The van der Waals surface area contributed by atoms with E-state index in [0.717, 1.165) is 34.0 Å². The fraction of sp³-hybridized carbons (Fsp3) is 0.343. The van der Waals surface area contributed by atoms with E-state index in [2.05, 4.69) is 25.7 Å². The van der Waals surface area contributed by atoms with Crippen LogP contribution in [0.25, 0.3) is 17.2 Å². The smallest absolute Gasteiger partial charge is 0.416 e. The summed E-state index contributed by atoms with van der Waals surface area (Å²) in [6, 6.07) is 7.86. The number of aryl methyl sites for hydroxylation is 1. The minimum absolute atomic E-state index is 0.0166. The summed E-state index contributed by atoms with van der Waals surface area (Å²) in [5, 5.41) is 20.1. The van der Waals surface area contributed by atoms with Crippen LogP contribution < -0.4 is 25.8 Å². The molecule has 3 N–H and O–H groups in total. The van der Waals surface area contributed by atoms with E-state index >= 15 is 0 Å². The molecule has 7 rings (SSSR count). The number of hydrogen-bond donors (Lipinski definition) is 3. The maximum atomic E-state index is 14.3. The van der Waals surface area contributed by atoms with Gasteiger partial charge in [-0.1, -0.05) is 18.5 Å². The summed E-state index contributed by atoms with van der Waals surface area (Å²) in [5.41, 5.74) is 1.12. The fourth-order valence-electron chi connectivity index (χ4n) is 6.64. The maximum Gasteiger partial charge on any atom is 0.416 e. The Hall–Kier alpha value is -5.71. The van der Waals surface area contributed by atoms with Gasteiger partial charge in [0.25, 0.3) is 11.5 Å². The number of ether oxygens (including phenoxy) is 1. The zero-order chi connectivity index (χ0) is 37.6. The van der Waals surface area contributed by atoms with E-state index in [1.54, 1.807) is 17.6 Å². The first-order chi connectivity index (χ1) is 25.3. The average molecular weight is 752 g/mol. The summed E-state index contributed by atoms with van der Waals surface area (Å²) < 4.78 is 48.1. The lowest BCUT2D eigenvalue weighted by Gasteiger charge is -2.35. The highest BCUT2D eigenvalue weighted by Crippen LogP contribution is 2.34. The van der Waals surface area contributed by atoms with Crippen LogP contribution in [0.5, 0.6) is 11.5 Å². The van der Waals surface area contributed by atoms with E-state index in [9.17, 15) is 32.7 Å². The molecule has 1 fully saturated rings. The third kappa shape index (κ3) is 6.95. The first kappa shape index (κ1) is 35.7. The molecular formula is C35H33ClF3N9O5. The minimum Gasteiger partial charge on any atom is -0.504 e. The molecule has 14 nitrogen and oxygen atoms in total. The summed E-state index contributed by atoms with van der Waals surface area (Å²) in [4.78, 5) is 55.2. The van der Waals surface area contributed by atoms with Gasteiger partial charge in [0.2, 0.25) is 11.7 Å². The SMILES string of the molecule is CCc1c(N2CCC(NC(=O)c3ncnc(C)c3O)CC2)c(=O)n2nc(-c3ccc4c(c3)CCO4)nc2n1CC(=O)Nc1ccc(C(F)(F)F)cc1Cl. The Labute approximate surface area is 304 Å².